The van der Waals surface area contributed by atoms with E-state index in [0.717, 1.165) is 0 Å². The number of nitrogens with zero attached hydrogens (tertiary/aromatic N) is 4. The first kappa shape index (κ1) is 20.6. The number of esters is 1. The quantitative estimate of drug-likeness (QED) is 0.427. The maximum Gasteiger partial charge on any atom is 0.343 e. The van der Waals surface area contributed by atoms with Gasteiger partial charge in [-0.25, -0.2) is 23.2 Å². The lowest BCUT2D eigenvalue weighted by Gasteiger charge is -2.24. The van der Waals surface area contributed by atoms with Crippen molar-refractivity contribution in [3.63, 3.8) is 0 Å². The maximum atomic E-state index is 12.7. The third-order valence-corrected chi connectivity index (χ3v) is 7.64. The van der Waals surface area contributed by atoms with E-state index in [2.05, 4.69) is 24.9 Å². The van der Waals surface area contributed by atoms with Crippen LogP contribution in [0.3, 0.4) is 0 Å². The fourth-order valence-corrected chi connectivity index (χ4v) is 6.04. The molecule has 156 valence electrons. The van der Waals surface area contributed by atoms with Gasteiger partial charge in [0.1, 0.15) is 5.37 Å². The van der Waals surface area contributed by atoms with Gasteiger partial charge >= 0.3 is 5.97 Å². The fraction of sp³-hybridized carbons (Fsp3) is 0.333. The molecule has 0 spiro atoms. The number of benzene rings is 1. The third kappa shape index (κ3) is 3.61. The van der Waals surface area contributed by atoms with Crippen molar-refractivity contribution in [2.75, 3.05) is 6.61 Å². The summed E-state index contributed by atoms with van der Waals surface area (Å²) in [6.07, 6.45) is 1.68. The van der Waals surface area contributed by atoms with E-state index in [1.54, 1.807) is 25.3 Å². The molecule has 1 aromatic heterocycles. The molecule has 1 fully saturated rings. The smallest absolute Gasteiger partial charge is 0.343 e. The average molecular weight is 447 g/mol. The lowest BCUT2D eigenvalue weighted by Crippen LogP contribution is -2.39. The number of hydrogen-bond acceptors (Lipinski definition) is 10. The van der Waals surface area contributed by atoms with Crippen molar-refractivity contribution >= 4 is 39.2 Å². The molecule has 1 aromatic carbocycles. The number of aryl methyl sites for hydroxylation is 1. The Hall–Kier alpha value is -2.70. The minimum Gasteiger partial charge on any atom is -0.463 e. The van der Waals surface area contributed by atoms with Gasteiger partial charge in [0.05, 0.1) is 17.2 Å². The predicted octanol–water partition coefficient (Wildman–Crippen LogP) is 2.23. The molecule has 0 aliphatic carbocycles. The van der Waals surface area contributed by atoms with Crippen molar-refractivity contribution in [3.05, 3.63) is 42.0 Å². The van der Waals surface area contributed by atoms with Crippen LogP contribution in [-0.2, 0) is 24.3 Å². The Labute approximate surface area is 176 Å². The van der Waals surface area contributed by atoms with E-state index in [-0.39, 0.29) is 17.9 Å². The number of azo groups is 1. The summed E-state index contributed by atoms with van der Waals surface area (Å²) in [5, 5.41) is 7.32. The summed E-state index contributed by atoms with van der Waals surface area (Å²) in [5.74, 6) is -0.843. The van der Waals surface area contributed by atoms with Gasteiger partial charge in [0.2, 0.25) is 15.6 Å². The zero-order valence-corrected chi connectivity index (χ0v) is 17.7. The van der Waals surface area contributed by atoms with Crippen LogP contribution in [-0.4, -0.2) is 42.3 Å². The summed E-state index contributed by atoms with van der Waals surface area (Å²) < 4.78 is 32.8. The van der Waals surface area contributed by atoms with E-state index >= 15 is 0 Å². The van der Waals surface area contributed by atoms with Crippen LogP contribution in [0.5, 0.6) is 0 Å². The zero-order chi connectivity index (χ0) is 21.5. The summed E-state index contributed by atoms with van der Waals surface area (Å²) in [6.45, 7) is 3.15. The van der Waals surface area contributed by atoms with Gasteiger partial charge in [-0.3, -0.25) is 4.79 Å². The summed E-state index contributed by atoms with van der Waals surface area (Å²) in [7, 11) is -3.79. The van der Waals surface area contributed by atoms with Gasteiger partial charge in [-0.15, -0.1) is 0 Å². The van der Waals surface area contributed by atoms with E-state index in [9.17, 15) is 18.0 Å². The van der Waals surface area contributed by atoms with Crippen LogP contribution in [0.15, 0.2) is 50.5 Å². The molecule has 2 atom stereocenters. The molecule has 2 aliphatic rings. The molecule has 2 aromatic rings. The molecule has 3 heterocycles. The van der Waals surface area contributed by atoms with Gasteiger partial charge in [-0.05, 0) is 38.1 Å². The van der Waals surface area contributed by atoms with Crippen LogP contribution in [0.25, 0.3) is 0 Å². The molecular weight excluding hydrogens is 430 g/mol. The summed E-state index contributed by atoms with van der Waals surface area (Å²) in [5.41, 5.74) is -0.622. The minimum atomic E-state index is -3.79. The first-order valence-corrected chi connectivity index (χ1v) is 11.3. The number of sulfonamides is 1. The summed E-state index contributed by atoms with van der Waals surface area (Å²) in [4.78, 5) is 33.0. The molecule has 0 bridgehead atoms. The van der Waals surface area contributed by atoms with Crippen LogP contribution >= 0.6 is 11.8 Å². The first-order chi connectivity index (χ1) is 14.2. The first-order valence-electron chi connectivity index (χ1n) is 8.95. The fourth-order valence-electron chi connectivity index (χ4n) is 3.07. The van der Waals surface area contributed by atoms with Crippen LogP contribution in [0.4, 0.5) is 5.69 Å². The van der Waals surface area contributed by atoms with Gasteiger partial charge in [0.15, 0.2) is 11.6 Å². The summed E-state index contributed by atoms with van der Waals surface area (Å²) in [6, 6.07) is 6.12. The minimum absolute atomic E-state index is 0.0944. The lowest BCUT2D eigenvalue weighted by molar-refractivity contribution is -0.145. The molecule has 2 aliphatic heterocycles. The number of cyclic esters (lactones) is 1. The predicted molar refractivity (Wildman–Crippen MR) is 106 cm³/mol. The van der Waals surface area contributed by atoms with Gasteiger partial charge in [-0.2, -0.15) is 15.0 Å². The largest absolute Gasteiger partial charge is 0.463 e. The van der Waals surface area contributed by atoms with E-state index < -0.39 is 32.7 Å². The van der Waals surface area contributed by atoms with Crippen LogP contribution < -0.4 is 4.72 Å². The van der Waals surface area contributed by atoms with Crippen LogP contribution in [0, 0.1) is 6.92 Å². The number of hydrogen-bond donors (Lipinski definition) is 1. The Bertz CT molecular complexity index is 1180. The van der Waals surface area contributed by atoms with Crippen LogP contribution in [0.1, 0.15) is 30.2 Å². The number of carbonyl (C=O) groups is 2. The van der Waals surface area contributed by atoms with Crippen molar-refractivity contribution in [2.24, 2.45) is 10.2 Å². The number of rotatable bonds is 4. The number of Topliss-reactive ketones (excluding diaryl/α,β-unsaturated/α-hetero) is 1. The van der Waals surface area contributed by atoms with Crippen molar-refractivity contribution in [1.29, 1.82) is 0 Å². The Morgan fingerprint density at radius 3 is 2.83 bits per heavy atom. The average Bonchev–Trinajstić information content (AvgIpc) is 3.07. The van der Waals surface area contributed by atoms with Gasteiger partial charge in [0, 0.05) is 23.2 Å². The maximum absolute atomic E-state index is 12.7. The molecule has 30 heavy (non-hydrogen) atoms. The molecule has 0 saturated carbocycles. The standard InChI is InChI=1S/C18H17N5O5S2/c1-10-5-7-19-15(20-10)16-22-30(26,27)14-4-3-12(9-13(14)29-16)21-23-18(11(2)24)6-8-28-17(18)25/h3-5,7,9,16,22H,6,8H2,1-2H3. The highest BCUT2D eigenvalue weighted by atomic mass is 32.2. The topological polar surface area (TPSA) is 140 Å². The number of aromatic nitrogens is 2. The lowest BCUT2D eigenvalue weighted by atomic mass is 9.95. The number of ketones is 1. The zero-order valence-electron chi connectivity index (χ0n) is 16.0. The van der Waals surface area contributed by atoms with Crippen molar-refractivity contribution in [1.82, 2.24) is 14.7 Å². The number of ether oxygens (including phenoxy) is 1. The van der Waals surface area contributed by atoms with E-state index in [4.69, 9.17) is 4.74 Å². The number of nitrogens with one attached hydrogen (secondary N) is 1. The Kier molecular flexibility index (Phi) is 5.16. The van der Waals surface area contributed by atoms with Gasteiger partial charge < -0.3 is 4.74 Å². The second-order valence-electron chi connectivity index (χ2n) is 6.81. The second kappa shape index (κ2) is 7.52. The van der Waals surface area contributed by atoms with Crippen LogP contribution in [0.2, 0.25) is 0 Å². The number of thioether (sulfide) groups is 1. The molecule has 0 radical (unpaired) electrons. The molecule has 10 nitrogen and oxygen atoms in total. The second-order valence-corrected chi connectivity index (χ2v) is 9.64. The van der Waals surface area contributed by atoms with Gasteiger partial charge in [0.25, 0.3) is 0 Å². The van der Waals surface area contributed by atoms with E-state index in [0.29, 0.717) is 22.1 Å². The Morgan fingerprint density at radius 1 is 1.37 bits per heavy atom. The van der Waals surface area contributed by atoms with Gasteiger partial charge in [-0.1, -0.05) is 11.8 Å². The molecular formula is C18H17N5O5S2. The van der Waals surface area contributed by atoms with E-state index in [1.807, 2.05) is 0 Å². The van der Waals surface area contributed by atoms with Crippen molar-refractivity contribution in [3.8, 4) is 0 Å². The molecule has 12 heteroatoms. The van der Waals surface area contributed by atoms with E-state index in [1.165, 1.54) is 30.8 Å². The Balaban J connectivity index is 1.68. The third-order valence-electron chi connectivity index (χ3n) is 4.73. The summed E-state index contributed by atoms with van der Waals surface area (Å²) >= 11 is 1.22. The Morgan fingerprint density at radius 2 is 2.17 bits per heavy atom. The molecule has 1 saturated heterocycles. The number of carbonyl (C=O) groups excluding carboxylic acids is 2. The monoisotopic (exact) mass is 447 g/mol. The highest BCUT2D eigenvalue weighted by molar-refractivity contribution is 8.02. The molecule has 2 unspecified atom stereocenters. The van der Waals surface area contributed by atoms with Crippen molar-refractivity contribution < 1.29 is 22.7 Å². The molecule has 1 N–H and O–H groups in total. The molecule has 0 amide bonds. The SMILES string of the molecule is CC(=O)C1(N=Nc2ccc3c(c2)SC(c2nccc(C)n2)NS3(=O)=O)CCOC1=O. The normalized spacial score (nSPS) is 25.1. The highest BCUT2D eigenvalue weighted by Crippen LogP contribution is 2.42. The molecule has 4 rings (SSSR count). The van der Waals surface area contributed by atoms with Crippen molar-refractivity contribution in [2.45, 2.75) is 41.0 Å². The number of fused-ring (bicyclic) bond motifs is 1. The highest BCUT2D eigenvalue weighted by Gasteiger charge is 2.50.